The van der Waals surface area contributed by atoms with Gasteiger partial charge in [0.15, 0.2) is 0 Å². The molecule has 0 fully saturated rings. The van der Waals surface area contributed by atoms with Crippen LogP contribution in [-0.2, 0) is 26.1 Å². The molecule has 6 heteroatoms. The van der Waals surface area contributed by atoms with Gasteiger partial charge in [-0.3, -0.25) is 9.69 Å². The summed E-state index contributed by atoms with van der Waals surface area (Å²) in [5, 5.41) is 0. The Hall–Kier alpha value is -2.08. The van der Waals surface area contributed by atoms with Gasteiger partial charge in [0.1, 0.15) is 6.54 Å². The van der Waals surface area contributed by atoms with E-state index in [1.165, 1.54) is 11.8 Å². The van der Waals surface area contributed by atoms with Crippen molar-refractivity contribution in [1.29, 1.82) is 0 Å². The van der Waals surface area contributed by atoms with Crippen LogP contribution in [0, 0.1) is 0 Å². The maximum Gasteiger partial charge on any atom is 0.406 e. The average molecular weight is 322 g/mol. The number of benzene rings is 1. The Kier molecular flexibility index (Phi) is 4.26. The lowest BCUT2D eigenvalue weighted by Crippen LogP contribution is -2.37. The number of rotatable bonds is 3. The van der Waals surface area contributed by atoms with Crippen LogP contribution in [0.1, 0.15) is 16.7 Å². The number of pyridine rings is 1. The Morgan fingerprint density at radius 2 is 1.83 bits per heavy atom. The predicted octanol–water partition coefficient (Wildman–Crippen LogP) is 2.97. The maximum absolute atomic E-state index is 12.5. The molecule has 122 valence electrons. The summed E-state index contributed by atoms with van der Waals surface area (Å²) in [5.41, 5.74) is 2.01. The van der Waals surface area contributed by atoms with E-state index in [0.717, 1.165) is 16.7 Å². The maximum atomic E-state index is 12.5. The molecule has 0 unspecified atom stereocenters. The molecule has 3 nitrogen and oxygen atoms in total. The van der Waals surface area contributed by atoms with Crippen LogP contribution < -0.4 is 5.56 Å². The zero-order valence-corrected chi connectivity index (χ0v) is 12.5. The Morgan fingerprint density at radius 1 is 1.09 bits per heavy atom. The molecule has 0 saturated heterocycles. The van der Waals surface area contributed by atoms with Gasteiger partial charge in [-0.05, 0) is 23.6 Å². The molecule has 2 heterocycles. The van der Waals surface area contributed by atoms with Crippen molar-refractivity contribution in [2.24, 2.45) is 0 Å². The van der Waals surface area contributed by atoms with Crippen molar-refractivity contribution in [2.45, 2.75) is 32.2 Å². The Labute approximate surface area is 132 Å². The Balaban J connectivity index is 1.77. The first-order chi connectivity index (χ1) is 10.9. The second-order valence-corrected chi connectivity index (χ2v) is 5.81. The first-order valence-corrected chi connectivity index (χ1v) is 7.46. The summed E-state index contributed by atoms with van der Waals surface area (Å²) in [6, 6.07) is 11.6. The summed E-state index contributed by atoms with van der Waals surface area (Å²) in [6.07, 6.45) is -2.65. The average Bonchev–Trinajstić information content (AvgIpc) is 2.50. The lowest BCUT2D eigenvalue weighted by Gasteiger charge is -2.28. The molecule has 0 bridgehead atoms. The van der Waals surface area contributed by atoms with Crippen molar-refractivity contribution in [3.05, 3.63) is 69.6 Å². The Morgan fingerprint density at radius 3 is 2.52 bits per heavy atom. The van der Waals surface area contributed by atoms with Crippen molar-refractivity contribution < 1.29 is 13.2 Å². The highest BCUT2D eigenvalue weighted by molar-refractivity contribution is 5.27. The molecule has 0 aliphatic carbocycles. The number of alkyl halides is 3. The van der Waals surface area contributed by atoms with E-state index < -0.39 is 18.3 Å². The smallest absolute Gasteiger partial charge is 0.306 e. The molecule has 0 atom stereocenters. The Bertz CT molecular complexity index is 738. The molecular formula is C17H17F3N2O. The summed E-state index contributed by atoms with van der Waals surface area (Å²) < 4.78 is 38.2. The SMILES string of the molecule is O=c1c2c(ccn1CC(F)(F)F)CN(Cc1ccccc1)CC2. The van der Waals surface area contributed by atoms with Crippen LogP contribution in [0.3, 0.4) is 0 Å². The van der Waals surface area contributed by atoms with Gasteiger partial charge in [-0.1, -0.05) is 30.3 Å². The van der Waals surface area contributed by atoms with Crippen molar-refractivity contribution in [3.8, 4) is 0 Å². The number of hydrogen-bond donors (Lipinski definition) is 0. The minimum atomic E-state index is -4.38. The van der Waals surface area contributed by atoms with Gasteiger partial charge in [-0.15, -0.1) is 0 Å². The second kappa shape index (κ2) is 6.20. The molecular weight excluding hydrogens is 305 g/mol. The molecule has 2 aromatic rings. The van der Waals surface area contributed by atoms with Gasteiger partial charge >= 0.3 is 6.18 Å². The quantitative estimate of drug-likeness (QED) is 0.868. The van der Waals surface area contributed by atoms with Gasteiger partial charge in [0.25, 0.3) is 5.56 Å². The molecule has 1 aromatic carbocycles. The van der Waals surface area contributed by atoms with Crippen LogP contribution in [-0.4, -0.2) is 22.2 Å². The highest BCUT2D eigenvalue weighted by atomic mass is 19.4. The fourth-order valence-electron chi connectivity index (χ4n) is 2.96. The third-order valence-corrected chi connectivity index (χ3v) is 4.03. The fourth-order valence-corrected chi connectivity index (χ4v) is 2.96. The molecule has 0 amide bonds. The van der Waals surface area contributed by atoms with E-state index >= 15 is 0 Å². The van der Waals surface area contributed by atoms with E-state index in [4.69, 9.17) is 0 Å². The third-order valence-electron chi connectivity index (χ3n) is 4.03. The van der Waals surface area contributed by atoms with Gasteiger partial charge in [0.2, 0.25) is 0 Å². The van der Waals surface area contributed by atoms with Gasteiger partial charge in [0.05, 0.1) is 0 Å². The van der Waals surface area contributed by atoms with E-state index in [9.17, 15) is 18.0 Å². The summed E-state index contributed by atoms with van der Waals surface area (Å²) >= 11 is 0. The van der Waals surface area contributed by atoms with Crippen molar-refractivity contribution in [1.82, 2.24) is 9.47 Å². The third kappa shape index (κ3) is 3.82. The van der Waals surface area contributed by atoms with E-state index in [0.29, 0.717) is 25.1 Å². The first-order valence-electron chi connectivity index (χ1n) is 7.46. The highest BCUT2D eigenvalue weighted by Crippen LogP contribution is 2.20. The summed E-state index contributed by atoms with van der Waals surface area (Å²) in [6.45, 7) is 0.804. The summed E-state index contributed by atoms with van der Waals surface area (Å²) in [5.74, 6) is 0. The van der Waals surface area contributed by atoms with Crippen LogP contribution in [0.15, 0.2) is 47.4 Å². The lowest BCUT2D eigenvalue weighted by molar-refractivity contribution is -0.141. The van der Waals surface area contributed by atoms with Crippen LogP contribution in [0.2, 0.25) is 0 Å². The number of aromatic nitrogens is 1. The predicted molar refractivity (Wildman–Crippen MR) is 81.0 cm³/mol. The van der Waals surface area contributed by atoms with E-state index in [2.05, 4.69) is 4.90 Å². The molecule has 0 spiro atoms. The number of nitrogens with zero attached hydrogens (tertiary/aromatic N) is 2. The zero-order valence-electron chi connectivity index (χ0n) is 12.5. The van der Waals surface area contributed by atoms with Gasteiger partial charge in [-0.2, -0.15) is 13.2 Å². The van der Waals surface area contributed by atoms with Crippen LogP contribution in [0.25, 0.3) is 0 Å². The molecule has 1 aliphatic rings. The molecule has 0 radical (unpaired) electrons. The number of fused-ring (bicyclic) bond motifs is 1. The minimum absolute atomic E-state index is 0.486. The van der Waals surface area contributed by atoms with E-state index in [-0.39, 0.29) is 0 Å². The first kappa shape index (κ1) is 15.8. The molecule has 0 saturated carbocycles. The monoisotopic (exact) mass is 322 g/mol. The molecule has 1 aliphatic heterocycles. The molecule has 3 rings (SSSR count). The van der Waals surface area contributed by atoms with E-state index in [1.54, 1.807) is 6.07 Å². The number of hydrogen-bond acceptors (Lipinski definition) is 2. The van der Waals surface area contributed by atoms with Crippen LogP contribution >= 0.6 is 0 Å². The standard InChI is InChI=1S/C17H17F3N2O/c18-17(19,20)12-22-9-6-14-11-21(8-7-15(14)16(22)23)10-13-4-2-1-3-5-13/h1-6,9H,7-8,10-12H2. The minimum Gasteiger partial charge on any atom is -0.306 e. The van der Waals surface area contributed by atoms with Crippen molar-refractivity contribution in [2.75, 3.05) is 6.54 Å². The van der Waals surface area contributed by atoms with Crippen LogP contribution in [0.5, 0.6) is 0 Å². The summed E-state index contributed by atoms with van der Waals surface area (Å²) in [4.78, 5) is 14.4. The highest BCUT2D eigenvalue weighted by Gasteiger charge is 2.29. The topological polar surface area (TPSA) is 25.2 Å². The van der Waals surface area contributed by atoms with Gasteiger partial charge in [-0.25, -0.2) is 0 Å². The fraction of sp³-hybridized carbons (Fsp3) is 0.353. The molecule has 1 aromatic heterocycles. The summed E-state index contributed by atoms with van der Waals surface area (Å²) in [7, 11) is 0. The normalized spacial score (nSPS) is 15.4. The second-order valence-electron chi connectivity index (χ2n) is 5.81. The van der Waals surface area contributed by atoms with Gasteiger partial charge < -0.3 is 4.57 Å². The number of halogens is 3. The molecule has 0 N–H and O–H groups in total. The van der Waals surface area contributed by atoms with Crippen LogP contribution in [0.4, 0.5) is 13.2 Å². The van der Waals surface area contributed by atoms with Gasteiger partial charge in [0, 0.05) is 31.4 Å². The van der Waals surface area contributed by atoms with Crippen molar-refractivity contribution >= 4 is 0 Å². The largest absolute Gasteiger partial charge is 0.406 e. The lowest BCUT2D eigenvalue weighted by atomic mass is 10.0. The van der Waals surface area contributed by atoms with Crippen molar-refractivity contribution in [3.63, 3.8) is 0 Å². The van der Waals surface area contributed by atoms with E-state index in [1.807, 2.05) is 30.3 Å². The zero-order chi connectivity index (χ0) is 16.4. The molecule has 23 heavy (non-hydrogen) atoms.